The van der Waals surface area contributed by atoms with E-state index in [1.807, 2.05) is 6.07 Å². The molecule has 0 aliphatic rings. The summed E-state index contributed by atoms with van der Waals surface area (Å²) >= 11 is 6.24. The fraction of sp³-hybridized carbons (Fsp3) is 0.214. The molecule has 0 unspecified atom stereocenters. The molecule has 0 fully saturated rings. The molecule has 23 heavy (non-hydrogen) atoms. The van der Waals surface area contributed by atoms with Crippen LogP contribution in [0, 0.1) is 0 Å². The number of H-pyrrole nitrogens is 1. The van der Waals surface area contributed by atoms with Gasteiger partial charge in [0, 0.05) is 6.54 Å². The first-order valence-corrected chi connectivity index (χ1v) is 7.33. The summed E-state index contributed by atoms with van der Waals surface area (Å²) in [5.41, 5.74) is 2.29. The molecule has 0 saturated carbocycles. The summed E-state index contributed by atoms with van der Waals surface area (Å²) in [5.74, 6) is 0.547. The third-order valence-electron chi connectivity index (χ3n) is 3.10. The average molecular weight is 336 g/mol. The van der Waals surface area contributed by atoms with Crippen LogP contribution < -0.4 is 10.1 Å². The maximum atomic E-state index is 10.5. The lowest BCUT2D eigenvalue weighted by Gasteiger charge is -2.06. The molecule has 3 N–H and O–H groups in total. The standard InChI is InChI=1S/C14H14ClN5O3/c1-2-3-16-10-5-12-11(4-9(10)15)18-13(19-12)20-7-8(6-17-20)23-14(21)22/h4-7,16H,2-3H2,1H3,(H,18,19)(H,21,22). The van der Waals surface area contributed by atoms with Gasteiger partial charge in [-0.2, -0.15) is 5.10 Å². The van der Waals surface area contributed by atoms with Crippen molar-refractivity contribution in [1.82, 2.24) is 19.7 Å². The Bertz CT molecular complexity index is 857. The lowest BCUT2D eigenvalue weighted by atomic mass is 10.2. The van der Waals surface area contributed by atoms with Crippen LogP contribution in [-0.4, -0.2) is 37.6 Å². The van der Waals surface area contributed by atoms with Gasteiger partial charge in [0.2, 0.25) is 5.95 Å². The highest BCUT2D eigenvalue weighted by Gasteiger charge is 2.11. The van der Waals surface area contributed by atoms with Crippen molar-refractivity contribution in [2.24, 2.45) is 0 Å². The molecule has 0 spiro atoms. The second-order valence-electron chi connectivity index (χ2n) is 4.82. The van der Waals surface area contributed by atoms with Crippen molar-refractivity contribution >= 4 is 34.5 Å². The van der Waals surface area contributed by atoms with Gasteiger partial charge in [0.25, 0.3) is 0 Å². The summed E-state index contributed by atoms with van der Waals surface area (Å²) in [6.07, 6.45) is 2.30. The molecule has 0 saturated heterocycles. The molecule has 9 heteroatoms. The highest BCUT2D eigenvalue weighted by molar-refractivity contribution is 6.34. The monoisotopic (exact) mass is 335 g/mol. The van der Waals surface area contributed by atoms with Crippen molar-refractivity contribution in [3.05, 3.63) is 29.5 Å². The maximum absolute atomic E-state index is 10.5. The summed E-state index contributed by atoms with van der Waals surface area (Å²) in [4.78, 5) is 18.0. The van der Waals surface area contributed by atoms with Gasteiger partial charge in [0.1, 0.15) is 0 Å². The number of benzene rings is 1. The molecule has 0 radical (unpaired) electrons. The third kappa shape index (κ3) is 3.21. The van der Waals surface area contributed by atoms with Gasteiger partial charge in [-0.15, -0.1) is 0 Å². The Balaban J connectivity index is 1.93. The SMILES string of the molecule is CCCNc1cc2nc(-n3cc(OC(=O)O)cn3)[nH]c2cc1Cl. The molecule has 1 aromatic carbocycles. The lowest BCUT2D eigenvalue weighted by molar-refractivity contribution is 0.144. The number of aromatic amines is 1. The summed E-state index contributed by atoms with van der Waals surface area (Å²) in [5, 5.41) is 16.4. The molecule has 8 nitrogen and oxygen atoms in total. The van der Waals surface area contributed by atoms with Crippen molar-refractivity contribution in [2.45, 2.75) is 13.3 Å². The minimum Gasteiger partial charge on any atom is -0.449 e. The van der Waals surface area contributed by atoms with Crippen molar-refractivity contribution in [3.63, 3.8) is 0 Å². The number of carboxylic acid groups (broad SMARTS) is 1. The van der Waals surface area contributed by atoms with Gasteiger partial charge in [-0.3, -0.25) is 0 Å². The van der Waals surface area contributed by atoms with Crippen LogP contribution in [0.25, 0.3) is 17.0 Å². The number of imidazole rings is 1. The van der Waals surface area contributed by atoms with E-state index in [2.05, 4.69) is 32.0 Å². The van der Waals surface area contributed by atoms with Crippen molar-refractivity contribution in [1.29, 1.82) is 0 Å². The number of ether oxygens (including phenoxy) is 1. The molecule has 0 aliphatic carbocycles. The highest BCUT2D eigenvalue weighted by Crippen LogP contribution is 2.27. The number of rotatable bonds is 5. The first kappa shape index (κ1) is 15.2. The van der Waals surface area contributed by atoms with Gasteiger partial charge >= 0.3 is 6.16 Å². The van der Waals surface area contributed by atoms with Gasteiger partial charge in [-0.25, -0.2) is 14.5 Å². The second-order valence-corrected chi connectivity index (χ2v) is 5.23. The molecule has 2 aromatic heterocycles. The average Bonchev–Trinajstić information content (AvgIpc) is 3.10. The number of hydrogen-bond acceptors (Lipinski definition) is 5. The van der Waals surface area contributed by atoms with E-state index in [-0.39, 0.29) is 5.75 Å². The van der Waals surface area contributed by atoms with E-state index in [1.54, 1.807) is 6.07 Å². The lowest BCUT2D eigenvalue weighted by Crippen LogP contribution is -2.02. The predicted molar refractivity (Wildman–Crippen MR) is 85.7 cm³/mol. The molecular weight excluding hydrogens is 322 g/mol. The predicted octanol–water partition coefficient (Wildman–Crippen LogP) is 3.28. The van der Waals surface area contributed by atoms with Crippen LogP contribution in [0.1, 0.15) is 13.3 Å². The molecule has 3 rings (SSSR count). The Kier molecular flexibility index (Phi) is 4.07. The van der Waals surface area contributed by atoms with Gasteiger partial charge in [0.05, 0.1) is 34.1 Å². The Morgan fingerprint density at radius 3 is 3.09 bits per heavy atom. The number of carbonyl (C=O) groups is 1. The normalized spacial score (nSPS) is 10.9. The van der Waals surface area contributed by atoms with Crippen LogP contribution in [0.5, 0.6) is 5.75 Å². The Hall–Kier alpha value is -2.74. The van der Waals surface area contributed by atoms with E-state index in [1.165, 1.54) is 17.1 Å². The number of aromatic nitrogens is 4. The maximum Gasteiger partial charge on any atom is 0.511 e. The van der Waals surface area contributed by atoms with E-state index in [4.69, 9.17) is 16.7 Å². The topological polar surface area (TPSA) is 105 Å². The van der Waals surface area contributed by atoms with Crippen LogP contribution >= 0.6 is 11.6 Å². The van der Waals surface area contributed by atoms with E-state index in [0.717, 1.165) is 29.7 Å². The molecular formula is C14H14ClN5O3. The number of fused-ring (bicyclic) bond motifs is 1. The van der Waals surface area contributed by atoms with Crippen LogP contribution in [0.3, 0.4) is 0 Å². The van der Waals surface area contributed by atoms with Crippen molar-refractivity contribution < 1.29 is 14.6 Å². The van der Waals surface area contributed by atoms with Crippen LogP contribution in [-0.2, 0) is 0 Å². The Morgan fingerprint density at radius 2 is 2.35 bits per heavy atom. The van der Waals surface area contributed by atoms with Crippen LogP contribution in [0.2, 0.25) is 5.02 Å². The summed E-state index contributed by atoms with van der Waals surface area (Å²) in [7, 11) is 0. The molecule has 0 bridgehead atoms. The quantitative estimate of drug-likeness (QED) is 0.618. The molecule has 0 aliphatic heterocycles. The number of nitrogens with zero attached hydrogens (tertiary/aromatic N) is 3. The Labute approximate surface area is 136 Å². The van der Waals surface area contributed by atoms with Gasteiger partial charge in [-0.05, 0) is 18.6 Å². The molecule has 0 amide bonds. The summed E-state index contributed by atoms with van der Waals surface area (Å²) in [6, 6.07) is 3.63. The Morgan fingerprint density at radius 1 is 1.52 bits per heavy atom. The zero-order valence-electron chi connectivity index (χ0n) is 12.2. The van der Waals surface area contributed by atoms with Gasteiger partial charge in [0.15, 0.2) is 5.75 Å². The molecule has 0 atom stereocenters. The first-order valence-electron chi connectivity index (χ1n) is 6.95. The fourth-order valence-electron chi connectivity index (χ4n) is 2.10. The minimum absolute atomic E-state index is 0.112. The summed E-state index contributed by atoms with van der Waals surface area (Å²) < 4.78 is 5.93. The van der Waals surface area contributed by atoms with Gasteiger partial charge < -0.3 is 20.1 Å². The number of nitrogens with one attached hydrogen (secondary N) is 2. The zero-order chi connectivity index (χ0) is 16.4. The number of hydrogen-bond donors (Lipinski definition) is 3. The van der Waals surface area contributed by atoms with E-state index in [9.17, 15) is 4.79 Å². The van der Waals surface area contributed by atoms with E-state index >= 15 is 0 Å². The minimum atomic E-state index is -1.40. The third-order valence-corrected chi connectivity index (χ3v) is 3.42. The fourth-order valence-corrected chi connectivity index (χ4v) is 2.33. The second kappa shape index (κ2) is 6.17. The van der Waals surface area contributed by atoms with Crippen LogP contribution in [0.4, 0.5) is 10.5 Å². The molecule has 2 heterocycles. The molecule has 120 valence electrons. The van der Waals surface area contributed by atoms with Crippen molar-refractivity contribution in [3.8, 4) is 11.7 Å². The molecule has 3 aromatic rings. The number of halogens is 1. The number of anilines is 1. The highest BCUT2D eigenvalue weighted by atomic mass is 35.5. The van der Waals surface area contributed by atoms with Crippen molar-refractivity contribution in [2.75, 3.05) is 11.9 Å². The largest absolute Gasteiger partial charge is 0.511 e. The summed E-state index contributed by atoms with van der Waals surface area (Å²) in [6.45, 7) is 2.89. The zero-order valence-corrected chi connectivity index (χ0v) is 13.0. The van der Waals surface area contributed by atoms with E-state index in [0.29, 0.717) is 11.0 Å². The van der Waals surface area contributed by atoms with E-state index < -0.39 is 6.16 Å². The first-order chi connectivity index (χ1) is 11.1. The smallest absolute Gasteiger partial charge is 0.449 e. The van der Waals surface area contributed by atoms with Crippen LogP contribution in [0.15, 0.2) is 24.5 Å². The van der Waals surface area contributed by atoms with Gasteiger partial charge in [-0.1, -0.05) is 18.5 Å².